The van der Waals surface area contributed by atoms with Crippen LogP contribution in [0.2, 0.25) is 0 Å². The van der Waals surface area contributed by atoms with Crippen LogP contribution in [0, 0.1) is 0 Å². The van der Waals surface area contributed by atoms with Crippen molar-refractivity contribution in [1.29, 1.82) is 0 Å². The van der Waals surface area contributed by atoms with Crippen molar-refractivity contribution in [1.82, 2.24) is 0 Å². The zero-order valence-electron chi connectivity index (χ0n) is 12.1. The Morgan fingerprint density at radius 3 is 2.35 bits per heavy atom. The molecule has 1 rings (SSSR count). The van der Waals surface area contributed by atoms with Crippen LogP contribution in [0.3, 0.4) is 0 Å². The van der Waals surface area contributed by atoms with Gasteiger partial charge in [0.15, 0.2) is 0 Å². The van der Waals surface area contributed by atoms with Gasteiger partial charge in [-0.05, 0) is 36.8 Å². The number of hydrogen-bond acceptors (Lipinski definition) is 2. The number of methoxy groups -OCH3 is 1. The molecule has 0 saturated heterocycles. The second-order valence-electron chi connectivity index (χ2n) is 4.67. The molecule has 1 aromatic carbocycles. The molecule has 114 valence electrons. The minimum Gasteiger partial charge on any atom is -0.496 e. The third-order valence-corrected chi connectivity index (χ3v) is 4.03. The molecule has 0 saturated carbocycles. The summed E-state index contributed by atoms with van der Waals surface area (Å²) in [4.78, 5) is 0.689. The van der Waals surface area contributed by atoms with Gasteiger partial charge in [0.2, 0.25) is 0 Å². The summed E-state index contributed by atoms with van der Waals surface area (Å²) >= 11 is 1.35. The van der Waals surface area contributed by atoms with Crippen LogP contribution in [-0.2, 0) is 12.6 Å². The van der Waals surface area contributed by atoms with Gasteiger partial charge in [-0.1, -0.05) is 26.2 Å². The lowest BCUT2D eigenvalue weighted by Crippen LogP contribution is -2.08. The van der Waals surface area contributed by atoms with E-state index in [-0.39, 0.29) is 5.75 Å². The van der Waals surface area contributed by atoms with Crippen LogP contribution in [-0.4, -0.2) is 13.4 Å². The third-order valence-electron chi connectivity index (χ3n) is 3.21. The van der Waals surface area contributed by atoms with Gasteiger partial charge in [-0.3, -0.25) is 0 Å². The lowest BCUT2D eigenvalue weighted by molar-refractivity contribution is -0.138. The summed E-state index contributed by atoms with van der Waals surface area (Å²) in [6.45, 7) is 2.13. The lowest BCUT2D eigenvalue weighted by atomic mass is 10.0. The molecule has 0 unspecified atom stereocenters. The molecule has 0 radical (unpaired) electrons. The standard InChI is InChI=1S/C15H21F3OS/c1-4-5-6-7-8-11-9-13(19-2)12(15(16,17)18)10-14(11)20-3/h9-10H,4-8H2,1-3H3. The van der Waals surface area contributed by atoms with Crippen molar-refractivity contribution in [2.24, 2.45) is 0 Å². The molecule has 0 heterocycles. The van der Waals surface area contributed by atoms with E-state index < -0.39 is 11.7 Å². The van der Waals surface area contributed by atoms with Crippen molar-refractivity contribution in [3.63, 3.8) is 0 Å². The Bertz CT molecular complexity index is 430. The smallest absolute Gasteiger partial charge is 0.420 e. The van der Waals surface area contributed by atoms with E-state index in [4.69, 9.17) is 4.74 Å². The number of rotatable bonds is 7. The van der Waals surface area contributed by atoms with Crippen molar-refractivity contribution < 1.29 is 17.9 Å². The number of unbranched alkanes of at least 4 members (excludes halogenated alkanes) is 3. The number of thioether (sulfide) groups is 1. The van der Waals surface area contributed by atoms with E-state index in [1.54, 1.807) is 12.3 Å². The Morgan fingerprint density at radius 1 is 1.15 bits per heavy atom. The molecule has 0 amide bonds. The predicted molar refractivity (Wildman–Crippen MR) is 77.6 cm³/mol. The molecule has 20 heavy (non-hydrogen) atoms. The average Bonchev–Trinajstić information content (AvgIpc) is 2.41. The molecule has 0 spiro atoms. The highest BCUT2D eigenvalue weighted by Gasteiger charge is 2.35. The first-order valence-corrected chi connectivity index (χ1v) is 7.98. The zero-order chi connectivity index (χ0) is 15.2. The van der Waals surface area contributed by atoms with Crippen LogP contribution in [0.1, 0.15) is 43.7 Å². The van der Waals surface area contributed by atoms with E-state index in [9.17, 15) is 13.2 Å². The number of aryl methyl sites for hydroxylation is 1. The molecular weight excluding hydrogens is 285 g/mol. The summed E-state index contributed by atoms with van der Waals surface area (Å²) < 4.78 is 43.7. The second kappa shape index (κ2) is 7.81. The second-order valence-corrected chi connectivity index (χ2v) is 5.52. The van der Waals surface area contributed by atoms with Gasteiger partial charge in [0.25, 0.3) is 0 Å². The fourth-order valence-corrected chi connectivity index (χ4v) is 2.78. The number of hydrogen-bond donors (Lipinski definition) is 0. The maximum Gasteiger partial charge on any atom is 0.420 e. The Labute approximate surface area is 122 Å². The molecule has 0 fully saturated rings. The van der Waals surface area contributed by atoms with Gasteiger partial charge in [0.05, 0.1) is 12.7 Å². The summed E-state index contributed by atoms with van der Waals surface area (Å²) in [5, 5.41) is 0. The van der Waals surface area contributed by atoms with E-state index in [2.05, 4.69) is 6.92 Å². The maximum atomic E-state index is 12.9. The van der Waals surface area contributed by atoms with Crippen LogP contribution in [0.5, 0.6) is 5.75 Å². The molecule has 0 aliphatic heterocycles. The van der Waals surface area contributed by atoms with Crippen molar-refractivity contribution in [3.05, 3.63) is 23.3 Å². The van der Waals surface area contributed by atoms with Crippen molar-refractivity contribution >= 4 is 11.8 Å². The molecule has 0 aliphatic rings. The van der Waals surface area contributed by atoms with Crippen molar-refractivity contribution in [3.8, 4) is 5.75 Å². The Hall–Kier alpha value is -0.840. The van der Waals surface area contributed by atoms with Gasteiger partial charge in [0.1, 0.15) is 5.75 Å². The van der Waals surface area contributed by atoms with E-state index in [0.29, 0.717) is 4.90 Å². The summed E-state index contributed by atoms with van der Waals surface area (Å²) in [6.07, 6.45) is 2.63. The van der Waals surface area contributed by atoms with Gasteiger partial charge in [-0.15, -0.1) is 11.8 Å². The first-order chi connectivity index (χ1) is 9.43. The fourth-order valence-electron chi connectivity index (χ4n) is 2.12. The SMILES string of the molecule is CCCCCCc1cc(OC)c(C(F)(F)F)cc1SC. The van der Waals surface area contributed by atoms with Crippen LogP contribution < -0.4 is 4.74 Å². The minimum absolute atomic E-state index is 0.0826. The summed E-state index contributed by atoms with van der Waals surface area (Å²) in [5.74, 6) is -0.0826. The molecule has 1 aromatic rings. The monoisotopic (exact) mass is 306 g/mol. The Kier molecular flexibility index (Phi) is 6.72. The van der Waals surface area contributed by atoms with Crippen molar-refractivity contribution in [2.75, 3.05) is 13.4 Å². The molecule has 0 aromatic heterocycles. The summed E-state index contributed by atoms with van der Waals surface area (Å²) in [5.41, 5.74) is 0.250. The first-order valence-electron chi connectivity index (χ1n) is 6.76. The Balaban J connectivity index is 3.00. The maximum absolute atomic E-state index is 12.9. The molecule has 0 atom stereocenters. The minimum atomic E-state index is -4.38. The summed E-state index contributed by atoms with van der Waals surface area (Å²) in [6, 6.07) is 2.75. The summed E-state index contributed by atoms with van der Waals surface area (Å²) in [7, 11) is 1.28. The van der Waals surface area contributed by atoms with Gasteiger partial charge < -0.3 is 4.74 Å². The Morgan fingerprint density at radius 2 is 1.85 bits per heavy atom. The molecule has 0 N–H and O–H groups in total. The number of benzene rings is 1. The number of alkyl halides is 3. The van der Waals surface area contributed by atoms with E-state index in [1.807, 2.05) is 0 Å². The van der Waals surface area contributed by atoms with Crippen LogP contribution in [0.25, 0.3) is 0 Å². The molecular formula is C15H21F3OS. The highest BCUT2D eigenvalue weighted by molar-refractivity contribution is 7.98. The largest absolute Gasteiger partial charge is 0.496 e. The number of halogens is 3. The van der Waals surface area contributed by atoms with E-state index >= 15 is 0 Å². The molecule has 0 aliphatic carbocycles. The fraction of sp³-hybridized carbons (Fsp3) is 0.600. The zero-order valence-corrected chi connectivity index (χ0v) is 13.0. The van der Waals surface area contributed by atoms with Gasteiger partial charge >= 0.3 is 6.18 Å². The van der Waals surface area contributed by atoms with E-state index in [1.165, 1.54) is 24.9 Å². The van der Waals surface area contributed by atoms with Gasteiger partial charge in [-0.25, -0.2) is 0 Å². The third kappa shape index (κ3) is 4.62. The molecule has 1 nitrogen and oxygen atoms in total. The van der Waals surface area contributed by atoms with Crippen LogP contribution in [0.15, 0.2) is 17.0 Å². The molecule has 5 heteroatoms. The van der Waals surface area contributed by atoms with Crippen molar-refractivity contribution in [2.45, 2.75) is 50.1 Å². The highest BCUT2D eigenvalue weighted by atomic mass is 32.2. The van der Waals surface area contributed by atoms with Crippen LogP contribution >= 0.6 is 11.8 Å². The normalized spacial score (nSPS) is 11.7. The first kappa shape index (κ1) is 17.2. The topological polar surface area (TPSA) is 9.23 Å². The predicted octanol–water partition coefficient (Wildman–Crippen LogP) is 5.56. The average molecular weight is 306 g/mol. The molecule has 0 bridgehead atoms. The van der Waals surface area contributed by atoms with Gasteiger partial charge in [-0.2, -0.15) is 13.2 Å². The lowest BCUT2D eigenvalue weighted by Gasteiger charge is -2.16. The number of ether oxygens (including phenoxy) is 1. The quantitative estimate of drug-likeness (QED) is 0.482. The van der Waals surface area contributed by atoms with Crippen LogP contribution in [0.4, 0.5) is 13.2 Å². The van der Waals surface area contributed by atoms with Gasteiger partial charge in [0, 0.05) is 4.90 Å². The highest BCUT2D eigenvalue weighted by Crippen LogP contribution is 2.40. The van der Waals surface area contributed by atoms with E-state index in [0.717, 1.165) is 37.7 Å².